The van der Waals surface area contributed by atoms with E-state index < -0.39 is 0 Å². The maximum absolute atomic E-state index is 6.58. The first-order valence-corrected chi connectivity index (χ1v) is 41.7. The van der Waals surface area contributed by atoms with E-state index in [1.807, 2.05) is 125 Å². The summed E-state index contributed by atoms with van der Waals surface area (Å²) in [6, 6.07) is 66.8. The molecule has 9 heterocycles. The van der Waals surface area contributed by atoms with Gasteiger partial charge in [0.25, 0.3) is 6.33 Å². The standard InChI is InChI=1S/C17H17ClN.C14H18NO.C14H18N.C13H16N.C12H15N2.C9H16NO.2C8H13N2.C7H12N3/c1-17(2,3)19-14-10-6-4-8-12(14)16(18)13-9-5-7-11-15(13)19;1-11-10-13(12-8-6-5-7-9-12)16-15(11)14(2,3)4;1-14(2,3)13-10-9-11-7-5-6-8-12(11)15(13)4;1-13(2,3)14-10-6-8-11-7-4-5-9-12(11)14;1-12(2,3)14-9-8-13-10-6-4-5-7-11(10)14;1-7-6-8(2)11-10(7)9(3,4)5;1-8(2,3)10-6-4-9-5-7-10;1-8(2,3)10-6-4-5-9-7-10;1-7(2,3)10-5-4-8-6-9-10/h4-11H,1-3H3;5-10H,1-4H3;5-10H,1-4H3;4-10H,1-3H3;4-9H,1-3H3;6H,1-5H3;2*4-7H,1-3H3;4-6H,1-3H3/q9*+1. The minimum atomic E-state index is -0.0168. The molecular weight excluding hydrogens is 1490 g/mol. The van der Waals surface area contributed by atoms with E-state index in [2.05, 4.69) is 400 Å². The molecule has 16 nitrogen and oxygen atoms in total. The molecule has 15 rings (SSSR count). The molecule has 0 radical (unpaired) electrons. The molecule has 0 aliphatic carbocycles. The van der Waals surface area contributed by atoms with Gasteiger partial charge in [-0.05, 0) is 72.7 Å². The third kappa shape index (κ3) is 27.5. The molecule has 0 unspecified atom stereocenters. The van der Waals surface area contributed by atoms with Crippen LogP contribution < -0.4 is 41.6 Å². The summed E-state index contributed by atoms with van der Waals surface area (Å²) in [6.07, 6.45) is 24.3. The number of aromatic nitrogens is 14. The number of aryl methyl sites for hydroxylation is 4. The number of nitrogens with zero attached hydrogens (tertiary/aromatic N) is 14. The van der Waals surface area contributed by atoms with E-state index in [1.54, 1.807) is 31.1 Å². The monoisotopic (exact) mass is 1630 g/mol. The fourth-order valence-electron chi connectivity index (χ4n) is 13.4. The average Bonchev–Trinajstić information content (AvgIpc) is 1.44. The lowest BCUT2D eigenvalue weighted by Gasteiger charge is -2.18. The Balaban J connectivity index is 0.000000186. The van der Waals surface area contributed by atoms with E-state index in [-0.39, 0.29) is 49.7 Å². The second-order valence-electron chi connectivity index (χ2n) is 38.9. The summed E-state index contributed by atoms with van der Waals surface area (Å²) in [7, 11) is 2.14. The maximum atomic E-state index is 6.58. The van der Waals surface area contributed by atoms with Crippen molar-refractivity contribution in [3.63, 3.8) is 0 Å². The average molecular weight is 1630 g/mol. The molecule has 119 heavy (non-hydrogen) atoms. The first-order chi connectivity index (χ1) is 55.4. The highest BCUT2D eigenvalue weighted by molar-refractivity contribution is 6.39. The molecule has 17 heteroatoms. The van der Waals surface area contributed by atoms with Gasteiger partial charge >= 0.3 is 0 Å². The van der Waals surface area contributed by atoms with Crippen LogP contribution in [0.5, 0.6) is 0 Å². The number of hydrogen-bond acceptors (Lipinski definition) is 7. The van der Waals surface area contributed by atoms with Gasteiger partial charge in [-0.3, -0.25) is 4.98 Å². The summed E-state index contributed by atoms with van der Waals surface area (Å²) < 4.78 is 30.5. The van der Waals surface area contributed by atoms with Crippen molar-refractivity contribution in [1.29, 1.82) is 0 Å². The van der Waals surface area contributed by atoms with Crippen molar-refractivity contribution in [3.05, 3.63) is 303 Å². The third-order valence-electron chi connectivity index (χ3n) is 19.1. The first-order valence-electron chi connectivity index (χ1n) is 41.4. The number of fused-ring (bicyclic) bond motifs is 5. The molecule has 0 saturated heterocycles. The molecule has 15 aromatic rings. The molecule has 0 atom stereocenters. The SMILES string of the molecule is CC(C)(C)[n+]1c2ccccc2c(Cl)c2ccccc21.CC(C)(C)[n+]1cccc2ccccc21.CC(C)(C)[n+]1cccnc1.CC(C)(C)[n+]1ccnc2ccccc21.CC(C)(C)[n+]1ccncc1.CC(C)(C)[n+]1ccncn1.C[n+]1c(C(C)(C)C)ccc2ccccc21.Cc1cc(-c2ccccc2)o[n+]1C(C)(C)C.Cc1cc(C)[n+](C(C)(C)C)o1. The Morgan fingerprint density at radius 2 is 0.815 bits per heavy atom. The molecule has 6 aromatic carbocycles. The Labute approximate surface area is 716 Å². The number of benzene rings is 6. The van der Waals surface area contributed by atoms with Gasteiger partial charge in [0.2, 0.25) is 62.0 Å². The summed E-state index contributed by atoms with van der Waals surface area (Å²) in [5.41, 5.74) is 12.8. The van der Waals surface area contributed by atoms with Gasteiger partial charge in [-0.25, -0.2) is 23.6 Å². The van der Waals surface area contributed by atoms with Crippen LogP contribution in [-0.4, -0.2) is 25.0 Å². The fourth-order valence-corrected chi connectivity index (χ4v) is 13.8. The number of para-hydroxylation sites is 6. The van der Waals surface area contributed by atoms with Gasteiger partial charge in [0.1, 0.15) is 24.3 Å². The van der Waals surface area contributed by atoms with Crippen molar-refractivity contribution in [2.75, 3.05) is 0 Å². The highest BCUT2D eigenvalue weighted by Gasteiger charge is 2.34. The van der Waals surface area contributed by atoms with E-state index in [9.17, 15) is 0 Å². The lowest BCUT2D eigenvalue weighted by atomic mass is 9.90. The van der Waals surface area contributed by atoms with Crippen molar-refractivity contribution < 1.29 is 50.6 Å². The van der Waals surface area contributed by atoms with E-state index in [4.69, 9.17) is 20.6 Å². The van der Waals surface area contributed by atoms with Crippen molar-refractivity contribution in [3.8, 4) is 11.3 Å². The summed E-state index contributed by atoms with van der Waals surface area (Å²) >= 11 is 6.58. The van der Waals surface area contributed by atoms with Crippen LogP contribution >= 0.6 is 11.6 Å². The molecule has 0 aliphatic heterocycles. The van der Waals surface area contributed by atoms with Gasteiger partial charge in [-0.15, -0.1) is 0 Å². The Morgan fingerprint density at radius 3 is 1.25 bits per heavy atom. The van der Waals surface area contributed by atoms with Gasteiger partial charge in [0, 0.05) is 242 Å². The lowest BCUT2D eigenvalue weighted by molar-refractivity contribution is -0.911. The van der Waals surface area contributed by atoms with Crippen LogP contribution in [0.2, 0.25) is 5.02 Å². The van der Waals surface area contributed by atoms with Crippen LogP contribution in [0.15, 0.2) is 284 Å². The largest absolute Gasteiger partial charge is 0.286 e. The van der Waals surface area contributed by atoms with Crippen molar-refractivity contribution in [1.82, 2.24) is 25.0 Å². The molecule has 0 bridgehead atoms. The molecular formula is C102H138ClN14O2+9. The Kier molecular flexibility index (Phi) is 32.1. The number of hydrogen-bond donors (Lipinski definition) is 0. The quantitative estimate of drug-likeness (QED) is 0.118. The zero-order valence-corrected chi connectivity index (χ0v) is 78.2. The predicted molar refractivity (Wildman–Crippen MR) is 485 cm³/mol. The van der Waals surface area contributed by atoms with Crippen LogP contribution in [0.4, 0.5) is 0 Å². The lowest BCUT2D eigenvalue weighted by Crippen LogP contribution is -2.52. The van der Waals surface area contributed by atoms with Crippen molar-refractivity contribution >= 4 is 66.2 Å². The molecule has 0 spiro atoms. The number of halogens is 1. The highest BCUT2D eigenvalue weighted by Crippen LogP contribution is 2.31. The molecule has 0 N–H and O–H groups in total. The number of rotatable bonds is 1. The van der Waals surface area contributed by atoms with Crippen molar-refractivity contribution in [2.45, 2.75) is 257 Å². The minimum Gasteiger partial charge on any atom is -0.252 e. The predicted octanol–water partition coefficient (Wildman–Crippen LogP) is 20.8. The molecule has 0 aliphatic rings. The minimum absolute atomic E-state index is 0.00377. The van der Waals surface area contributed by atoms with E-state index >= 15 is 0 Å². The van der Waals surface area contributed by atoms with E-state index in [1.165, 1.54) is 49.7 Å². The van der Waals surface area contributed by atoms with E-state index in [0.29, 0.717) is 0 Å². The Bertz CT molecular complexity index is 5410. The van der Waals surface area contributed by atoms with Gasteiger partial charge in [-0.2, -0.15) is 22.8 Å². The van der Waals surface area contributed by atoms with E-state index in [0.717, 1.165) is 44.1 Å². The summed E-state index contributed by atoms with van der Waals surface area (Å²) in [5.74, 6) is 1.89. The van der Waals surface area contributed by atoms with Crippen LogP contribution in [0.25, 0.3) is 66.0 Å². The second kappa shape index (κ2) is 40.2. The fraction of sp³-hybridized carbons (Fsp3) is 0.392. The van der Waals surface area contributed by atoms with Crippen LogP contribution in [0.1, 0.15) is 210 Å². The Morgan fingerprint density at radius 1 is 0.345 bits per heavy atom. The Hall–Kier alpha value is -11.0. The topological polar surface area (TPSA) is 126 Å². The molecule has 9 aromatic heterocycles. The van der Waals surface area contributed by atoms with Crippen molar-refractivity contribution in [2.24, 2.45) is 7.05 Å². The first kappa shape index (κ1) is 95.2. The molecule has 626 valence electrons. The van der Waals surface area contributed by atoms with Gasteiger partial charge in [-0.1, -0.05) is 133 Å². The number of pyridine rings is 3. The highest BCUT2D eigenvalue weighted by atomic mass is 35.5. The summed E-state index contributed by atoms with van der Waals surface area (Å²) in [6.45, 7) is 64.8. The zero-order valence-electron chi connectivity index (χ0n) is 77.4. The normalized spacial score (nSPS) is 11.9. The van der Waals surface area contributed by atoms with Gasteiger partial charge in [0.15, 0.2) is 70.3 Å². The third-order valence-corrected chi connectivity index (χ3v) is 19.5. The smallest absolute Gasteiger partial charge is 0.252 e. The molecule has 0 saturated carbocycles. The maximum Gasteiger partial charge on any atom is 0.286 e. The summed E-state index contributed by atoms with van der Waals surface area (Å²) in [4.78, 5) is 16.1. The molecule has 0 fully saturated rings. The van der Waals surface area contributed by atoms with Crippen LogP contribution in [0, 0.1) is 20.8 Å². The van der Waals surface area contributed by atoms with Crippen LogP contribution in [-0.2, 0) is 56.8 Å². The molecule has 0 amide bonds. The van der Waals surface area contributed by atoms with Gasteiger partial charge in [0.05, 0.1) is 58.9 Å². The second-order valence-corrected chi connectivity index (χ2v) is 39.3. The summed E-state index contributed by atoms with van der Waals surface area (Å²) in [5, 5.41) is 9.71. The van der Waals surface area contributed by atoms with Gasteiger partial charge < -0.3 is 0 Å². The zero-order chi connectivity index (χ0) is 88.3. The van der Waals surface area contributed by atoms with Crippen LogP contribution in [0.3, 0.4) is 0 Å².